The van der Waals surface area contributed by atoms with Crippen molar-refractivity contribution in [2.45, 2.75) is 0 Å². The van der Waals surface area contributed by atoms with Crippen LogP contribution in [0.5, 0.6) is 11.5 Å². The Kier molecular flexibility index (Phi) is 10.9. The van der Waals surface area contributed by atoms with E-state index in [0.29, 0.717) is 22.6 Å². The summed E-state index contributed by atoms with van der Waals surface area (Å²) in [6, 6.07) is 14.0. The first-order valence-electron chi connectivity index (χ1n) is 10.6. The van der Waals surface area contributed by atoms with E-state index in [0.717, 1.165) is 52.4 Å². The number of halogens is 2. The van der Waals surface area contributed by atoms with E-state index >= 15 is 0 Å². The van der Waals surface area contributed by atoms with E-state index < -0.39 is 0 Å². The zero-order valence-electron chi connectivity index (χ0n) is 18.2. The molecule has 33 heavy (non-hydrogen) atoms. The lowest BCUT2D eigenvalue weighted by molar-refractivity contribution is 0.0757. The Morgan fingerprint density at radius 2 is 0.970 bits per heavy atom. The van der Waals surface area contributed by atoms with E-state index in [2.05, 4.69) is 21.5 Å². The monoisotopic (exact) mass is 496 g/mol. The summed E-state index contributed by atoms with van der Waals surface area (Å²) in [4.78, 5) is 24.7. The van der Waals surface area contributed by atoms with Gasteiger partial charge in [-0.2, -0.15) is 0 Å². The van der Waals surface area contributed by atoms with Gasteiger partial charge in [0.1, 0.15) is 11.5 Å². The molecule has 4 rings (SSSR count). The summed E-state index contributed by atoms with van der Waals surface area (Å²) in [5.41, 5.74) is 6.99. The number of piperazine rings is 2. The molecule has 2 amide bonds. The van der Waals surface area contributed by atoms with E-state index in [-0.39, 0.29) is 36.6 Å². The highest BCUT2D eigenvalue weighted by atomic mass is 35.5. The standard InChI is InChI=1S/C22H28N6O3.2ClH/c29-21(25-27-13-9-23-10-14-27)17-1-5-19(6-2-17)31-20-7-3-18(4-8-20)22(30)26-28-15-11-24-12-16-28;;/h1-8,23-24H,9-16H2,(H,25,29)(H,26,30);2*1H. The average molecular weight is 497 g/mol. The molecule has 0 radical (unpaired) electrons. The van der Waals surface area contributed by atoms with Gasteiger partial charge in [-0.15, -0.1) is 24.8 Å². The highest BCUT2D eigenvalue weighted by Gasteiger charge is 2.15. The Labute approximate surface area is 206 Å². The Balaban J connectivity index is 0.00000193. The predicted octanol–water partition coefficient (Wildman–Crippen LogP) is 1.42. The fourth-order valence-electron chi connectivity index (χ4n) is 3.45. The summed E-state index contributed by atoms with van der Waals surface area (Å²) in [6.45, 7) is 6.61. The van der Waals surface area contributed by atoms with Crippen molar-refractivity contribution in [1.29, 1.82) is 0 Å². The fourth-order valence-corrected chi connectivity index (χ4v) is 3.45. The van der Waals surface area contributed by atoms with Crippen molar-refractivity contribution in [3.05, 3.63) is 59.7 Å². The number of hydrogen-bond acceptors (Lipinski definition) is 7. The van der Waals surface area contributed by atoms with Gasteiger partial charge >= 0.3 is 0 Å². The maximum atomic E-state index is 12.4. The molecule has 9 nitrogen and oxygen atoms in total. The Hall–Kier alpha value is -2.40. The molecule has 180 valence electrons. The van der Waals surface area contributed by atoms with Gasteiger partial charge in [0.25, 0.3) is 11.8 Å². The normalized spacial score (nSPS) is 16.6. The number of rotatable bonds is 6. The lowest BCUT2D eigenvalue weighted by Crippen LogP contribution is -2.52. The number of nitrogens with one attached hydrogen (secondary N) is 4. The van der Waals surface area contributed by atoms with Gasteiger partial charge in [-0.05, 0) is 48.5 Å². The quantitative estimate of drug-likeness (QED) is 0.480. The number of ether oxygens (including phenoxy) is 1. The molecule has 0 saturated carbocycles. The molecule has 0 atom stereocenters. The number of nitrogens with zero attached hydrogens (tertiary/aromatic N) is 2. The van der Waals surface area contributed by atoms with Crippen LogP contribution in [0.15, 0.2) is 48.5 Å². The van der Waals surface area contributed by atoms with Gasteiger partial charge < -0.3 is 15.4 Å². The minimum absolute atomic E-state index is 0. The molecule has 2 aromatic rings. The molecule has 2 aliphatic heterocycles. The van der Waals surface area contributed by atoms with Crippen molar-refractivity contribution in [2.75, 3.05) is 52.4 Å². The Morgan fingerprint density at radius 3 is 1.30 bits per heavy atom. The van der Waals surface area contributed by atoms with E-state index in [1.54, 1.807) is 48.5 Å². The highest BCUT2D eigenvalue weighted by Crippen LogP contribution is 2.22. The van der Waals surface area contributed by atoms with Crippen LogP contribution in [0.1, 0.15) is 20.7 Å². The second-order valence-corrected chi connectivity index (χ2v) is 7.51. The summed E-state index contributed by atoms with van der Waals surface area (Å²) in [5, 5.41) is 10.3. The van der Waals surface area contributed by atoms with Crippen molar-refractivity contribution < 1.29 is 14.3 Å². The zero-order chi connectivity index (χ0) is 21.5. The van der Waals surface area contributed by atoms with Gasteiger partial charge in [-0.3, -0.25) is 20.4 Å². The minimum Gasteiger partial charge on any atom is -0.457 e. The van der Waals surface area contributed by atoms with E-state index in [9.17, 15) is 9.59 Å². The van der Waals surface area contributed by atoms with Crippen LogP contribution in [0.2, 0.25) is 0 Å². The summed E-state index contributed by atoms with van der Waals surface area (Å²) in [7, 11) is 0. The number of amides is 2. The smallest absolute Gasteiger partial charge is 0.265 e. The van der Waals surface area contributed by atoms with Crippen molar-refractivity contribution >= 4 is 36.6 Å². The fraction of sp³-hybridized carbons (Fsp3) is 0.364. The first-order valence-corrected chi connectivity index (χ1v) is 10.6. The molecule has 0 spiro atoms. The van der Waals surface area contributed by atoms with E-state index in [1.807, 2.05) is 10.0 Å². The summed E-state index contributed by atoms with van der Waals surface area (Å²) in [5.74, 6) is 0.982. The molecule has 2 fully saturated rings. The Morgan fingerprint density at radius 1 is 0.636 bits per heavy atom. The molecule has 11 heteroatoms. The molecule has 0 unspecified atom stereocenters. The lowest BCUT2D eigenvalue weighted by atomic mass is 10.2. The highest BCUT2D eigenvalue weighted by molar-refractivity contribution is 5.94. The third-order valence-corrected chi connectivity index (χ3v) is 5.22. The van der Waals surface area contributed by atoms with Crippen molar-refractivity contribution in [3.63, 3.8) is 0 Å². The first-order chi connectivity index (χ1) is 15.2. The molecule has 0 aromatic heterocycles. The second kappa shape index (κ2) is 13.3. The molecule has 2 heterocycles. The van der Waals surface area contributed by atoms with Crippen LogP contribution < -0.4 is 26.2 Å². The number of carbonyl (C=O) groups is 2. The van der Waals surface area contributed by atoms with Crippen molar-refractivity contribution in [1.82, 2.24) is 31.5 Å². The van der Waals surface area contributed by atoms with Gasteiger partial charge in [-0.1, -0.05) is 0 Å². The molecule has 0 bridgehead atoms. The van der Waals surface area contributed by atoms with Gasteiger partial charge in [0.05, 0.1) is 0 Å². The molecule has 2 saturated heterocycles. The zero-order valence-corrected chi connectivity index (χ0v) is 19.8. The maximum absolute atomic E-state index is 12.4. The van der Waals surface area contributed by atoms with Crippen LogP contribution in [0.3, 0.4) is 0 Å². The summed E-state index contributed by atoms with van der Waals surface area (Å²) < 4.78 is 5.85. The van der Waals surface area contributed by atoms with Crippen LogP contribution in [0, 0.1) is 0 Å². The second-order valence-electron chi connectivity index (χ2n) is 7.51. The van der Waals surface area contributed by atoms with Gasteiger partial charge in [0.2, 0.25) is 0 Å². The molecular weight excluding hydrogens is 467 g/mol. The van der Waals surface area contributed by atoms with Crippen LogP contribution in [-0.4, -0.2) is 74.2 Å². The molecule has 2 aromatic carbocycles. The third kappa shape index (κ3) is 7.85. The summed E-state index contributed by atoms with van der Waals surface area (Å²) >= 11 is 0. The SMILES string of the molecule is Cl.Cl.O=C(NN1CCNCC1)c1ccc(Oc2ccc(C(=O)NN3CCNCC3)cc2)cc1. The molecule has 4 N–H and O–H groups in total. The molecule has 2 aliphatic rings. The Bertz CT molecular complexity index is 813. The van der Waals surface area contributed by atoms with E-state index in [4.69, 9.17) is 4.74 Å². The number of hydrazine groups is 2. The number of carbonyl (C=O) groups excluding carboxylic acids is 2. The van der Waals surface area contributed by atoms with Crippen LogP contribution in [0.25, 0.3) is 0 Å². The first kappa shape index (κ1) is 26.8. The average Bonchev–Trinajstić information content (AvgIpc) is 2.81. The van der Waals surface area contributed by atoms with Crippen molar-refractivity contribution in [2.24, 2.45) is 0 Å². The van der Waals surface area contributed by atoms with Crippen LogP contribution in [-0.2, 0) is 0 Å². The molecular formula is C22H30Cl2N6O3. The van der Waals surface area contributed by atoms with Crippen LogP contribution in [0.4, 0.5) is 0 Å². The number of hydrogen-bond donors (Lipinski definition) is 4. The third-order valence-electron chi connectivity index (χ3n) is 5.22. The van der Waals surface area contributed by atoms with Crippen molar-refractivity contribution in [3.8, 4) is 11.5 Å². The number of benzene rings is 2. The minimum atomic E-state index is -0.131. The van der Waals surface area contributed by atoms with Gasteiger partial charge in [0.15, 0.2) is 0 Å². The predicted molar refractivity (Wildman–Crippen MR) is 131 cm³/mol. The van der Waals surface area contributed by atoms with E-state index in [1.165, 1.54) is 0 Å². The van der Waals surface area contributed by atoms with Gasteiger partial charge in [-0.25, -0.2) is 10.0 Å². The van der Waals surface area contributed by atoms with Crippen LogP contribution >= 0.6 is 24.8 Å². The molecule has 0 aliphatic carbocycles. The maximum Gasteiger partial charge on any atom is 0.265 e. The summed E-state index contributed by atoms with van der Waals surface area (Å²) in [6.07, 6.45) is 0. The lowest BCUT2D eigenvalue weighted by Gasteiger charge is -2.27. The topological polar surface area (TPSA) is 98.0 Å². The van der Waals surface area contributed by atoms with Gasteiger partial charge in [0, 0.05) is 63.5 Å². The largest absolute Gasteiger partial charge is 0.457 e.